The van der Waals surface area contributed by atoms with Crippen molar-refractivity contribution in [3.8, 4) is 5.75 Å². The fraction of sp³-hybridized carbons (Fsp3) is 0.143. The van der Waals surface area contributed by atoms with E-state index in [0.717, 1.165) is 5.56 Å². The molecule has 3 nitrogen and oxygen atoms in total. The molecule has 0 bridgehead atoms. The van der Waals surface area contributed by atoms with Crippen LogP contribution < -0.4 is 4.74 Å². The summed E-state index contributed by atoms with van der Waals surface area (Å²) in [6, 6.07) is 8.05. The minimum absolute atomic E-state index is 0.0400. The third-order valence-electron chi connectivity index (χ3n) is 2.57. The molecule has 92 valence electrons. The van der Waals surface area contributed by atoms with Gasteiger partial charge in [-0.3, -0.25) is 9.78 Å². The Labute approximate surface area is 104 Å². The second-order valence-corrected chi connectivity index (χ2v) is 3.78. The minimum Gasteiger partial charge on any atom is -0.494 e. The van der Waals surface area contributed by atoms with Crippen molar-refractivity contribution in [3.63, 3.8) is 0 Å². The summed E-state index contributed by atoms with van der Waals surface area (Å²) >= 11 is 0. The molecule has 0 amide bonds. The maximum atomic E-state index is 13.9. The lowest BCUT2D eigenvalue weighted by Crippen LogP contribution is -2.07. The number of carbonyl (C=O) groups excluding carboxylic acids is 1. The topological polar surface area (TPSA) is 39.2 Å². The number of pyridine rings is 1. The van der Waals surface area contributed by atoms with Crippen LogP contribution in [0.4, 0.5) is 4.39 Å². The number of hydrogen-bond acceptors (Lipinski definition) is 3. The first-order valence-electron chi connectivity index (χ1n) is 5.47. The van der Waals surface area contributed by atoms with E-state index >= 15 is 0 Å². The van der Waals surface area contributed by atoms with Crippen molar-refractivity contribution in [3.05, 3.63) is 59.7 Å². The largest absolute Gasteiger partial charge is 0.494 e. The van der Waals surface area contributed by atoms with E-state index in [4.69, 9.17) is 4.74 Å². The second-order valence-electron chi connectivity index (χ2n) is 3.78. The Morgan fingerprint density at radius 3 is 2.83 bits per heavy atom. The Morgan fingerprint density at radius 1 is 1.33 bits per heavy atom. The first kappa shape index (κ1) is 12.2. The van der Waals surface area contributed by atoms with E-state index in [-0.39, 0.29) is 23.5 Å². The lowest BCUT2D eigenvalue weighted by molar-refractivity contribution is 0.0988. The molecule has 1 heterocycles. The zero-order valence-corrected chi connectivity index (χ0v) is 9.89. The van der Waals surface area contributed by atoms with Gasteiger partial charge in [-0.1, -0.05) is 12.1 Å². The van der Waals surface area contributed by atoms with Crippen molar-refractivity contribution in [1.29, 1.82) is 0 Å². The smallest absolute Gasteiger partial charge is 0.175 e. The van der Waals surface area contributed by atoms with Gasteiger partial charge in [-0.05, 0) is 23.8 Å². The van der Waals surface area contributed by atoms with Crippen molar-refractivity contribution in [2.24, 2.45) is 0 Å². The molecule has 0 N–H and O–H groups in total. The molecule has 0 spiro atoms. The van der Waals surface area contributed by atoms with Crippen LogP contribution in [0.25, 0.3) is 0 Å². The predicted octanol–water partition coefficient (Wildman–Crippen LogP) is 2.65. The van der Waals surface area contributed by atoms with Crippen molar-refractivity contribution in [2.45, 2.75) is 6.42 Å². The number of hydrogen-bond donors (Lipinski definition) is 0. The van der Waals surface area contributed by atoms with Gasteiger partial charge in [0.25, 0.3) is 0 Å². The molecule has 0 saturated carbocycles. The number of rotatable bonds is 4. The van der Waals surface area contributed by atoms with E-state index in [1.165, 1.54) is 19.2 Å². The molecule has 0 aliphatic heterocycles. The van der Waals surface area contributed by atoms with Gasteiger partial charge in [0.2, 0.25) is 0 Å². The summed E-state index contributed by atoms with van der Waals surface area (Å²) in [5, 5.41) is 0. The van der Waals surface area contributed by atoms with Gasteiger partial charge in [0.15, 0.2) is 17.3 Å². The molecule has 2 rings (SSSR count). The van der Waals surface area contributed by atoms with E-state index in [1.807, 2.05) is 0 Å². The quantitative estimate of drug-likeness (QED) is 0.777. The monoisotopic (exact) mass is 245 g/mol. The highest BCUT2D eigenvalue weighted by molar-refractivity contribution is 5.98. The van der Waals surface area contributed by atoms with Gasteiger partial charge in [0.1, 0.15) is 0 Å². The van der Waals surface area contributed by atoms with Crippen molar-refractivity contribution in [2.75, 3.05) is 7.11 Å². The first-order chi connectivity index (χ1) is 8.72. The molecular weight excluding hydrogens is 233 g/mol. The average molecular weight is 245 g/mol. The summed E-state index contributed by atoms with van der Waals surface area (Å²) < 4.78 is 18.7. The molecule has 0 aliphatic rings. The molecule has 1 aromatic heterocycles. The fourth-order valence-electron chi connectivity index (χ4n) is 1.67. The van der Waals surface area contributed by atoms with Crippen molar-refractivity contribution in [1.82, 2.24) is 4.98 Å². The summed E-state index contributed by atoms with van der Waals surface area (Å²) in [5.41, 5.74) is 0.794. The maximum Gasteiger partial charge on any atom is 0.175 e. The second kappa shape index (κ2) is 5.40. The number of ether oxygens (including phenoxy) is 1. The van der Waals surface area contributed by atoms with Crippen LogP contribution in [0.1, 0.15) is 15.9 Å². The highest BCUT2D eigenvalue weighted by Gasteiger charge is 2.15. The molecule has 0 unspecified atom stereocenters. The zero-order chi connectivity index (χ0) is 13.0. The van der Waals surface area contributed by atoms with Crippen LogP contribution in [0, 0.1) is 5.82 Å². The number of halogens is 1. The van der Waals surface area contributed by atoms with Crippen molar-refractivity contribution >= 4 is 5.78 Å². The molecule has 4 heteroatoms. The Morgan fingerprint density at radius 2 is 2.17 bits per heavy atom. The summed E-state index contributed by atoms with van der Waals surface area (Å²) in [6.45, 7) is 0. The van der Waals surface area contributed by atoms with Crippen LogP contribution >= 0.6 is 0 Å². The third kappa shape index (κ3) is 2.53. The predicted molar refractivity (Wildman–Crippen MR) is 65.2 cm³/mol. The number of benzene rings is 1. The first-order valence-corrected chi connectivity index (χ1v) is 5.47. The summed E-state index contributed by atoms with van der Waals surface area (Å²) in [4.78, 5) is 15.9. The SMILES string of the molecule is COc1cccc(C(=O)Cc2cccnc2)c1F. The molecule has 2 aromatic rings. The highest BCUT2D eigenvalue weighted by atomic mass is 19.1. The van der Waals surface area contributed by atoms with Crippen LogP contribution in [0.5, 0.6) is 5.75 Å². The van der Waals surface area contributed by atoms with E-state index in [0.29, 0.717) is 0 Å². The molecule has 0 aliphatic carbocycles. The Kier molecular flexibility index (Phi) is 3.67. The van der Waals surface area contributed by atoms with Gasteiger partial charge in [0, 0.05) is 18.8 Å². The van der Waals surface area contributed by atoms with Crippen LogP contribution in [-0.2, 0) is 6.42 Å². The standard InChI is InChI=1S/C14H12FNO2/c1-18-13-6-2-5-11(14(13)15)12(17)8-10-4-3-7-16-9-10/h2-7,9H,8H2,1H3. The normalized spacial score (nSPS) is 10.1. The van der Waals surface area contributed by atoms with E-state index < -0.39 is 5.82 Å². The molecule has 0 fully saturated rings. The summed E-state index contributed by atoms with van der Waals surface area (Å²) in [6.07, 6.45) is 3.34. The number of ketones is 1. The van der Waals surface area contributed by atoms with Crippen LogP contribution in [-0.4, -0.2) is 17.9 Å². The number of Topliss-reactive ketones (excluding diaryl/α,β-unsaturated/α-hetero) is 1. The molecule has 0 saturated heterocycles. The zero-order valence-electron chi connectivity index (χ0n) is 9.89. The summed E-state index contributed by atoms with van der Waals surface area (Å²) in [7, 11) is 1.37. The van der Waals surface area contributed by atoms with Gasteiger partial charge in [0.05, 0.1) is 12.7 Å². The van der Waals surface area contributed by atoms with Crippen molar-refractivity contribution < 1.29 is 13.9 Å². The number of carbonyl (C=O) groups is 1. The third-order valence-corrected chi connectivity index (χ3v) is 2.57. The van der Waals surface area contributed by atoms with Gasteiger partial charge in [-0.25, -0.2) is 4.39 Å². The molecule has 0 radical (unpaired) electrons. The Balaban J connectivity index is 2.24. The number of aromatic nitrogens is 1. The lowest BCUT2D eigenvalue weighted by Gasteiger charge is -2.06. The maximum absolute atomic E-state index is 13.9. The molecule has 18 heavy (non-hydrogen) atoms. The van der Waals surface area contributed by atoms with Gasteiger partial charge >= 0.3 is 0 Å². The van der Waals surface area contributed by atoms with Crippen LogP contribution in [0.15, 0.2) is 42.7 Å². The average Bonchev–Trinajstić information content (AvgIpc) is 2.40. The van der Waals surface area contributed by atoms with E-state index in [2.05, 4.69) is 4.98 Å². The number of nitrogens with zero attached hydrogens (tertiary/aromatic N) is 1. The van der Waals surface area contributed by atoms with Gasteiger partial charge in [-0.2, -0.15) is 0 Å². The molecule has 1 aromatic carbocycles. The van der Waals surface area contributed by atoms with Gasteiger partial charge in [-0.15, -0.1) is 0 Å². The highest BCUT2D eigenvalue weighted by Crippen LogP contribution is 2.21. The fourth-order valence-corrected chi connectivity index (χ4v) is 1.67. The summed E-state index contributed by atoms with van der Waals surface area (Å²) in [5.74, 6) is -0.833. The molecular formula is C14H12FNO2. The minimum atomic E-state index is -0.617. The van der Waals surface area contributed by atoms with E-state index in [1.54, 1.807) is 30.6 Å². The Hall–Kier alpha value is -2.23. The number of methoxy groups -OCH3 is 1. The van der Waals surface area contributed by atoms with E-state index in [9.17, 15) is 9.18 Å². The van der Waals surface area contributed by atoms with Crippen LogP contribution in [0.3, 0.4) is 0 Å². The van der Waals surface area contributed by atoms with Crippen LogP contribution in [0.2, 0.25) is 0 Å². The molecule has 0 atom stereocenters. The Bertz CT molecular complexity index is 555. The lowest BCUT2D eigenvalue weighted by atomic mass is 10.0. The van der Waals surface area contributed by atoms with Gasteiger partial charge < -0.3 is 4.74 Å².